The summed E-state index contributed by atoms with van der Waals surface area (Å²) < 4.78 is 39.4. The predicted molar refractivity (Wildman–Crippen MR) is 72.4 cm³/mol. The molecule has 2 rings (SSSR count). The molecule has 21 heavy (non-hydrogen) atoms. The van der Waals surface area contributed by atoms with Crippen LogP contribution >= 0.6 is 0 Å². The summed E-state index contributed by atoms with van der Waals surface area (Å²) in [5, 5.41) is 3.15. The Morgan fingerprint density at radius 1 is 1.24 bits per heavy atom. The van der Waals surface area contributed by atoms with E-state index in [9.17, 15) is 18.0 Å². The third-order valence-corrected chi connectivity index (χ3v) is 3.57. The summed E-state index contributed by atoms with van der Waals surface area (Å²) in [4.78, 5) is 13.5. The van der Waals surface area contributed by atoms with E-state index in [4.69, 9.17) is 5.73 Å². The average Bonchev–Trinajstić information content (AvgIpc) is 2.67. The molecule has 1 aromatic carbocycles. The van der Waals surface area contributed by atoms with E-state index in [2.05, 4.69) is 5.32 Å². The van der Waals surface area contributed by atoms with Crippen LogP contribution in [0.2, 0.25) is 0 Å². The van der Waals surface area contributed by atoms with Crippen molar-refractivity contribution < 1.29 is 18.0 Å². The second kappa shape index (κ2) is 6.44. The third-order valence-electron chi connectivity index (χ3n) is 3.57. The SMILES string of the molecule is NC(=O)C(c1ccccc1C(F)(F)F)N1CCCNCC1. The normalized spacial score (nSPS) is 19.0. The van der Waals surface area contributed by atoms with Crippen LogP contribution in [0.4, 0.5) is 13.2 Å². The van der Waals surface area contributed by atoms with Gasteiger partial charge in [0.15, 0.2) is 0 Å². The van der Waals surface area contributed by atoms with Crippen LogP contribution in [0.15, 0.2) is 24.3 Å². The second-order valence-corrected chi connectivity index (χ2v) is 5.03. The van der Waals surface area contributed by atoms with Gasteiger partial charge in [-0.1, -0.05) is 18.2 Å². The zero-order valence-corrected chi connectivity index (χ0v) is 11.5. The summed E-state index contributed by atoms with van der Waals surface area (Å²) >= 11 is 0. The van der Waals surface area contributed by atoms with Crippen LogP contribution in [0.25, 0.3) is 0 Å². The number of benzene rings is 1. The number of hydrogen-bond donors (Lipinski definition) is 2. The van der Waals surface area contributed by atoms with Gasteiger partial charge in [-0.15, -0.1) is 0 Å². The number of primary amides is 1. The Hall–Kier alpha value is -1.60. The van der Waals surface area contributed by atoms with E-state index < -0.39 is 23.7 Å². The number of carbonyl (C=O) groups is 1. The van der Waals surface area contributed by atoms with E-state index >= 15 is 0 Å². The third kappa shape index (κ3) is 3.74. The molecule has 1 unspecified atom stereocenters. The highest BCUT2D eigenvalue weighted by Gasteiger charge is 2.38. The van der Waals surface area contributed by atoms with Crippen molar-refractivity contribution >= 4 is 5.91 Å². The number of alkyl halides is 3. The smallest absolute Gasteiger partial charge is 0.368 e. The first-order chi connectivity index (χ1) is 9.91. The number of nitrogens with two attached hydrogens (primary N) is 1. The van der Waals surface area contributed by atoms with Gasteiger partial charge in [-0.25, -0.2) is 0 Å². The second-order valence-electron chi connectivity index (χ2n) is 5.03. The standard InChI is InChI=1S/C14H18F3N3O/c15-14(16,17)11-5-2-1-4-10(11)12(13(18)21)20-8-3-6-19-7-9-20/h1-2,4-5,12,19H,3,6-9H2,(H2,18,21). The van der Waals surface area contributed by atoms with Crippen molar-refractivity contribution in [1.82, 2.24) is 10.2 Å². The monoisotopic (exact) mass is 301 g/mol. The van der Waals surface area contributed by atoms with Crippen LogP contribution in [0, 0.1) is 0 Å². The first kappa shape index (κ1) is 15.8. The van der Waals surface area contributed by atoms with E-state index in [1.54, 1.807) is 4.90 Å². The molecule has 1 amide bonds. The fraction of sp³-hybridized carbons (Fsp3) is 0.500. The predicted octanol–water partition coefficient (Wildman–Crippen LogP) is 1.53. The van der Waals surface area contributed by atoms with Crippen molar-refractivity contribution in [1.29, 1.82) is 0 Å². The Balaban J connectivity index is 2.41. The van der Waals surface area contributed by atoms with Gasteiger partial charge in [-0.2, -0.15) is 13.2 Å². The Morgan fingerprint density at radius 3 is 2.62 bits per heavy atom. The first-order valence-corrected chi connectivity index (χ1v) is 6.81. The van der Waals surface area contributed by atoms with Crippen LogP contribution in [0.1, 0.15) is 23.6 Å². The molecule has 1 aliphatic rings. The van der Waals surface area contributed by atoms with Crippen LogP contribution < -0.4 is 11.1 Å². The van der Waals surface area contributed by atoms with Gasteiger partial charge in [-0.3, -0.25) is 9.69 Å². The van der Waals surface area contributed by atoms with Crippen molar-refractivity contribution in [2.45, 2.75) is 18.6 Å². The molecular weight excluding hydrogens is 283 g/mol. The highest BCUT2D eigenvalue weighted by molar-refractivity contribution is 5.82. The average molecular weight is 301 g/mol. The van der Waals surface area contributed by atoms with E-state index in [0.717, 1.165) is 19.0 Å². The summed E-state index contributed by atoms with van der Waals surface area (Å²) in [5.41, 5.74) is 4.52. The summed E-state index contributed by atoms with van der Waals surface area (Å²) in [6.45, 7) is 2.42. The minimum atomic E-state index is -4.51. The largest absolute Gasteiger partial charge is 0.416 e. The topological polar surface area (TPSA) is 58.4 Å². The molecule has 0 aliphatic carbocycles. The van der Waals surface area contributed by atoms with Crippen molar-refractivity contribution in [3.05, 3.63) is 35.4 Å². The van der Waals surface area contributed by atoms with Gasteiger partial charge in [-0.05, 0) is 24.6 Å². The fourth-order valence-electron chi connectivity index (χ4n) is 2.65. The fourth-order valence-corrected chi connectivity index (χ4v) is 2.65. The highest BCUT2D eigenvalue weighted by Crippen LogP contribution is 2.36. The number of hydrogen-bond acceptors (Lipinski definition) is 3. The maximum Gasteiger partial charge on any atom is 0.416 e. The molecule has 1 fully saturated rings. The molecular formula is C14H18F3N3O. The van der Waals surface area contributed by atoms with Gasteiger partial charge in [0, 0.05) is 19.6 Å². The molecule has 0 bridgehead atoms. The molecule has 1 aliphatic heterocycles. The van der Waals surface area contributed by atoms with Gasteiger partial charge in [0.2, 0.25) is 5.91 Å². The van der Waals surface area contributed by atoms with Gasteiger partial charge in [0.05, 0.1) is 5.56 Å². The molecule has 1 aromatic rings. The Kier molecular flexibility index (Phi) is 4.84. The minimum Gasteiger partial charge on any atom is -0.368 e. The molecule has 116 valence electrons. The summed E-state index contributed by atoms with van der Waals surface area (Å²) in [6, 6.07) is 4.07. The summed E-state index contributed by atoms with van der Waals surface area (Å²) in [7, 11) is 0. The van der Waals surface area contributed by atoms with Gasteiger partial charge in [0.1, 0.15) is 6.04 Å². The zero-order chi connectivity index (χ0) is 15.5. The molecule has 4 nitrogen and oxygen atoms in total. The highest BCUT2D eigenvalue weighted by atomic mass is 19.4. The van der Waals surface area contributed by atoms with Crippen LogP contribution in [0.5, 0.6) is 0 Å². The quantitative estimate of drug-likeness (QED) is 0.890. The Bertz CT molecular complexity index is 496. The summed E-state index contributed by atoms with van der Waals surface area (Å²) in [5.74, 6) is -0.756. The van der Waals surface area contributed by atoms with Gasteiger partial charge < -0.3 is 11.1 Å². The molecule has 3 N–H and O–H groups in total. The van der Waals surface area contributed by atoms with E-state index in [0.29, 0.717) is 19.6 Å². The van der Waals surface area contributed by atoms with Gasteiger partial charge in [0.25, 0.3) is 0 Å². The van der Waals surface area contributed by atoms with Crippen molar-refractivity contribution in [3.63, 3.8) is 0 Å². The van der Waals surface area contributed by atoms with E-state index in [1.165, 1.54) is 18.2 Å². The number of carbonyl (C=O) groups excluding carboxylic acids is 1. The Labute approximate surface area is 121 Å². The maximum atomic E-state index is 13.1. The molecule has 1 heterocycles. The van der Waals surface area contributed by atoms with Crippen LogP contribution in [-0.4, -0.2) is 37.0 Å². The van der Waals surface area contributed by atoms with Gasteiger partial charge >= 0.3 is 6.18 Å². The molecule has 1 atom stereocenters. The minimum absolute atomic E-state index is 0.0700. The molecule has 1 saturated heterocycles. The molecule has 0 saturated carbocycles. The maximum absolute atomic E-state index is 13.1. The number of nitrogens with zero attached hydrogens (tertiary/aromatic N) is 1. The van der Waals surface area contributed by atoms with E-state index in [1.807, 2.05) is 0 Å². The lowest BCUT2D eigenvalue weighted by Crippen LogP contribution is -2.40. The number of nitrogens with one attached hydrogen (secondary N) is 1. The van der Waals surface area contributed by atoms with Crippen LogP contribution in [0.3, 0.4) is 0 Å². The molecule has 0 radical (unpaired) electrons. The Morgan fingerprint density at radius 2 is 1.95 bits per heavy atom. The molecule has 0 spiro atoms. The lowest BCUT2D eigenvalue weighted by Gasteiger charge is -2.30. The zero-order valence-electron chi connectivity index (χ0n) is 11.5. The van der Waals surface area contributed by atoms with E-state index in [-0.39, 0.29) is 5.56 Å². The van der Waals surface area contributed by atoms with Crippen LogP contribution in [-0.2, 0) is 11.0 Å². The van der Waals surface area contributed by atoms with Crippen molar-refractivity contribution in [3.8, 4) is 0 Å². The summed E-state index contributed by atoms with van der Waals surface area (Å²) in [6.07, 6.45) is -3.74. The molecule has 0 aromatic heterocycles. The van der Waals surface area contributed by atoms with Crippen molar-refractivity contribution in [2.24, 2.45) is 5.73 Å². The first-order valence-electron chi connectivity index (χ1n) is 6.81. The lowest BCUT2D eigenvalue weighted by atomic mass is 9.97. The molecule has 7 heteroatoms. The number of amides is 1. The number of rotatable bonds is 3. The van der Waals surface area contributed by atoms with Crippen molar-refractivity contribution in [2.75, 3.05) is 26.2 Å². The number of halogens is 3. The lowest BCUT2D eigenvalue weighted by molar-refractivity contribution is -0.139.